The second-order valence-electron chi connectivity index (χ2n) is 5.04. The molecule has 2 heterocycles. The molecule has 0 unspecified atom stereocenters. The number of allylic oxidation sites excluding steroid dienone is 1. The molecule has 0 fully saturated rings. The molecular weight excluding hydrogens is 326 g/mol. The first-order valence-electron chi connectivity index (χ1n) is 7.23. The molecule has 0 saturated heterocycles. The van der Waals surface area contributed by atoms with Crippen LogP contribution in [0.15, 0.2) is 58.7 Å². The van der Waals surface area contributed by atoms with Crippen molar-refractivity contribution in [2.24, 2.45) is 4.99 Å². The van der Waals surface area contributed by atoms with Crippen molar-refractivity contribution in [1.29, 1.82) is 0 Å². The van der Waals surface area contributed by atoms with Crippen LogP contribution in [0.4, 0.5) is 5.69 Å². The lowest BCUT2D eigenvalue weighted by Gasteiger charge is -2.03. The SMILES string of the molecule is C=CCn1c(=NC(=O)c2ccco2)sc2cc(NC(C)=O)ccc21. The van der Waals surface area contributed by atoms with Gasteiger partial charge in [0.05, 0.1) is 16.5 Å². The summed E-state index contributed by atoms with van der Waals surface area (Å²) in [5.41, 5.74) is 1.62. The van der Waals surface area contributed by atoms with Gasteiger partial charge in [-0.3, -0.25) is 9.59 Å². The summed E-state index contributed by atoms with van der Waals surface area (Å²) in [7, 11) is 0. The number of carbonyl (C=O) groups is 2. The fourth-order valence-corrected chi connectivity index (χ4v) is 3.36. The number of hydrogen-bond acceptors (Lipinski definition) is 4. The minimum Gasteiger partial charge on any atom is -0.459 e. The van der Waals surface area contributed by atoms with Crippen LogP contribution < -0.4 is 10.1 Å². The summed E-state index contributed by atoms with van der Waals surface area (Å²) in [6, 6.07) is 8.78. The summed E-state index contributed by atoms with van der Waals surface area (Å²) in [6.45, 7) is 5.73. The molecule has 6 nitrogen and oxygen atoms in total. The average molecular weight is 341 g/mol. The van der Waals surface area contributed by atoms with Crippen LogP contribution in [0.3, 0.4) is 0 Å². The fourth-order valence-electron chi connectivity index (χ4n) is 2.29. The molecule has 0 aliphatic carbocycles. The number of thiazole rings is 1. The zero-order valence-electron chi connectivity index (χ0n) is 13.0. The number of amides is 2. The molecule has 1 N–H and O–H groups in total. The van der Waals surface area contributed by atoms with E-state index in [1.807, 2.05) is 22.8 Å². The third-order valence-corrected chi connectivity index (χ3v) is 4.29. The van der Waals surface area contributed by atoms with Gasteiger partial charge in [-0.25, -0.2) is 0 Å². The van der Waals surface area contributed by atoms with Gasteiger partial charge in [0.15, 0.2) is 10.6 Å². The summed E-state index contributed by atoms with van der Waals surface area (Å²) in [5.74, 6) is -0.384. The Balaban J connectivity index is 2.12. The topological polar surface area (TPSA) is 76.6 Å². The van der Waals surface area contributed by atoms with Crippen LogP contribution in [-0.2, 0) is 11.3 Å². The van der Waals surface area contributed by atoms with Crippen LogP contribution in [-0.4, -0.2) is 16.4 Å². The number of carbonyl (C=O) groups excluding carboxylic acids is 2. The van der Waals surface area contributed by atoms with Gasteiger partial charge in [-0.15, -0.1) is 6.58 Å². The summed E-state index contributed by atoms with van der Waals surface area (Å²) >= 11 is 1.37. The van der Waals surface area contributed by atoms with E-state index >= 15 is 0 Å². The van der Waals surface area contributed by atoms with E-state index in [4.69, 9.17) is 4.42 Å². The molecular formula is C17H15N3O3S. The molecule has 7 heteroatoms. The van der Waals surface area contributed by atoms with E-state index in [1.165, 1.54) is 24.5 Å². The highest BCUT2D eigenvalue weighted by molar-refractivity contribution is 7.16. The van der Waals surface area contributed by atoms with Crippen molar-refractivity contribution in [1.82, 2.24) is 4.57 Å². The van der Waals surface area contributed by atoms with Crippen molar-refractivity contribution in [2.45, 2.75) is 13.5 Å². The molecule has 0 aliphatic heterocycles. The molecule has 0 atom stereocenters. The Hall–Kier alpha value is -2.93. The first-order valence-corrected chi connectivity index (χ1v) is 8.04. The van der Waals surface area contributed by atoms with E-state index in [0.717, 1.165) is 10.2 Å². The molecule has 24 heavy (non-hydrogen) atoms. The Morgan fingerprint density at radius 1 is 1.42 bits per heavy atom. The molecule has 3 rings (SSSR count). The van der Waals surface area contributed by atoms with Crippen molar-refractivity contribution >= 4 is 39.1 Å². The maximum absolute atomic E-state index is 12.2. The Bertz CT molecular complexity index is 980. The predicted molar refractivity (Wildman–Crippen MR) is 92.9 cm³/mol. The van der Waals surface area contributed by atoms with Crippen molar-refractivity contribution in [3.05, 3.63) is 59.8 Å². The summed E-state index contributed by atoms with van der Waals surface area (Å²) in [4.78, 5) is 28.1. The monoisotopic (exact) mass is 341 g/mol. The van der Waals surface area contributed by atoms with Crippen LogP contribution in [0, 0.1) is 0 Å². The van der Waals surface area contributed by atoms with Crippen molar-refractivity contribution in [3.63, 3.8) is 0 Å². The maximum atomic E-state index is 12.2. The molecule has 0 aliphatic rings. The number of nitrogens with one attached hydrogen (secondary N) is 1. The Labute approximate surface area is 141 Å². The van der Waals surface area contributed by atoms with Gasteiger partial charge in [0.2, 0.25) is 5.91 Å². The van der Waals surface area contributed by atoms with Gasteiger partial charge < -0.3 is 14.3 Å². The van der Waals surface area contributed by atoms with Gasteiger partial charge in [0.1, 0.15) is 0 Å². The molecule has 122 valence electrons. The number of benzene rings is 1. The number of nitrogens with zero attached hydrogens (tertiary/aromatic N) is 2. The van der Waals surface area contributed by atoms with Crippen LogP contribution >= 0.6 is 11.3 Å². The molecule has 3 aromatic rings. The largest absolute Gasteiger partial charge is 0.459 e. The quantitative estimate of drug-likeness (QED) is 0.741. The van der Waals surface area contributed by atoms with Gasteiger partial charge in [-0.05, 0) is 30.3 Å². The molecule has 2 aromatic heterocycles. The zero-order chi connectivity index (χ0) is 17.1. The Morgan fingerprint density at radius 2 is 2.25 bits per heavy atom. The number of hydrogen-bond donors (Lipinski definition) is 1. The average Bonchev–Trinajstić information content (AvgIpc) is 3.16. The summed E-state index contributed by atoms with van der Waals surface area (Å²) in [5, 5.41) is 2.75. The normalized spacial score (nSPS) is 11.6. The van der Waals surface area contributed by atoms with E-state index in [1.54, 1.807) is 18.2 Å². The standard InChI is InChI=1S/C17H15N3O3S/c1-3-8-20-13-7-6-12(18-11(2)21)10-15(13)24-17(20)19-16(22)14-5-4-9-23-14/h3-7,9-10H,1,8H2,2H3,(H,18,21). The van der Waals surface area contributed by atoms with Gasteiger partial charge in [-0.2, -0.15) is 4.99 Å². The molecule has 0 bridgehead atoms. The zero-order valence-corrected chi connectivity index (χ0v) is 13.8. The molecule has 2 amide bonds. The Morgan fingerprint density at radius 3 is 2.92 bits per heavy atom. The van der Waals surface area contributed by atoms with Gasteiger partial charge in [0.25, 0.3) is 0 Å². The summed E-state index contributed by atoms with van der Waals surface area (Å²) in [6.07, 6.45) is 3.18. The molecule has 0 radical (unpaired) electrons. The van der Waals surface area contributed by atoms with Gasteiger partial charge in [-0.1, -0.05) is 17.4 Å². The van der Waals surface area contributed by atoms with Crippen molar-refractivity contribution in [2.75, 3.05) is 5.32 Å². The first kappa shape index (κ1) is 15.9. The van der Waals surface area contributed by atoms with E-state index < -0.39 is 5.91 Å². The second-order valence-corrected chi connectivity index (χ2v) is 6.05. The van der Waals surface area contributed by atoms with Gasteiger partial charge >= 0.3 is 5.91 Å². The number of anilines is 1. The number of fused-ring (bicyclic) bond motifs is 1. The highest BCUT2D eigenvalue weighted by Gasteiger charge is 2.11. The predicted octanol–water partition coefficient (Wildman–Crippen LogP) is 3.18. The van der Waals surface area contributed by atoms with Crippen LogP contribution in [0.1, 0.15) is 17.5 Å². The highest BCUT2D eigenvalue weighted by Crippen LogP contribution is 2.22. The van der Waals surface area contributed by atoms with Crippen LogP contribution in [0.25, 0.3) is 10.2 Å². The molecule has 1 aromatic carbocycles. The number of rotatable bonds is 4. The fraction of sp³-hybridized carbons (Fsp3) is 0.118. The lowest BCUT2D eigenvalue weighted by atomic mass is 10.3. The minimum atomic E-state index is -0.438. The second kappa shape index (κ2) is 6.67. The number of aromatic nitrogens is 1. The third-order valence-electron chi connectivity index (χ3n) is 3.24. The first-order chi connectivity index (χ1) is 11.6. The molecule has 0 saturated carbocycles. The highest BCUT2D eigenvalue weighted by atomic mass is 32.1. The number of furan rings is 1. The Kier molecular flexibility index (Phi) is 4.43. The van der Waals surface area contributed by atoms with Crippen LogP contribution in [0.2, 0.25) is 0 Å². The van der Waals surface area contributed by atoms with Gasteiger partial charge in [0, 0.05) is 19.2 Å². The lowest BCUT2D eigenvalue weighted by Crippen LogP contribution is -2.16. The summed E-state index contributed by atoms with van der Waals surface area (Å²) < 4.78 is 7.89. The van der Waals surface area contributed by atoms with E-state index in [-0.39, 0.29) is 11.7 Å². The maximum Gasteiger partial charge on any atom is 0.315 e. The van der Waals surface area contributed by atoms with Crippen molar-refractivity contribution in [3.8, 4) is 0 Å². The van der Waals surface area contributed by atoms with E-state index in [0.29, 0.717) is 17.0 Å². The molecule has 0 spiro atoms. The van der Waals surface area contributed by atoms with E-state index in [2.05, 4.69) is 16.9 Å². The smallest absolute Gasteiger partial charge is 0.315 e. The lowest BCUT2D eigenvalue weighted by molar-refractivity contribution is -0.114. The minimum absolute atomic E-state index is 0.136. The van der Waals surface area contributed by atoms with Crippen molar-refractivity contribution < 1.29 is 14.0 Å². The van der Waals surface area contributed by atoms with Crippen LogP contribution in [0.5, 0.6) is 0 Å². The van der Waals surface area contributed by atoms with E-state index in [9.17, 15) is 9.59 Å². The third kappa shape index (κ3) is 3.21.